The maximum absolute atomic E-state index is 13.4. The largest absolute Gasteiger partial charge is 0.481 e. The van der Waals surface area contributed by atoms with E-state index in [0.29, 0.717) is 0 Å². The monoisotopic (exact) mass is 381 g/mol. The zero-order valence-corrected chi connectivity index (χ0v) is 14.4. The smallest absolute Gasteiger partial charge is 0.331 e. The van der Waals surface area contributed by atoms with Crippen molar-refractivity contribution in [2.45, 2.75) is 19.5 Å². The summed E-state index contributed by atoms with van der Waals surface area (Å²) in [7, 11) is 1.26. The van der Waals surface area contributed by atoms with E-state index in [4.69, 9.17) is 5.11 Å². The van der Waals surface area contributed by atoms with Crippen molar-refractivity contribution in [3.05, 3.63) is 68.5 Å². The summed E-state index contributed by atoms with van der Waals surface area (Å²) in [6.07, 6.45) is 0.799. The van der Waals surface area contributed by atoms with Crippen LogP contribution in [0.5, 0.6) is 0 Å². The summed E-state index contributed by atoms with van der Waals surface area (Å²) in [4.78, 5) is 47.9. The number of carbonyl (C=O) groups is 2. The van der Waals surface area contributed by atoms with E-state index in [-0.39, 0.29) is 25.1 Å². The first kappa shape index (κ1) is 20.0. The van der Waals surface area contributed by atoms with Gasteiger partial charge >= 0.3 is 11.7 Å². The van der Waals surface area contributed by atoms with Gasteiger partial charge in [0.2, 0.25) is 5.91 Å². The lowest BCUT2D eigenvalue weighted by molar-refractivity contribution is -0.139. The van der Waals surface area contributed by atoms with Gasteiger partial charge in [0.1, 0.15) is 6.54 Å². The van der Waals surface area contributed by atoms with E-state index in [9.17, 15) is 28.0 Å². The van der Waals surface area contributed by atoms with Crippen LogP contribution in [0.15, 0.2) is 40.1 Å². The Kier molecular flexibility index (Phi) is 6.22. The molecule has 1 heterocycles. The zero-order valence-electron chi connectivity index (χ0n) is 14.4. The number of hydrogen-bond acceptors (Lipinski definition) is 4. The third kappa shape index (κ3) is 5.09. The summed E-state index contributed by atoms with van der Waals surface area (Å²) in [6.45, 7) is -0.784. The Morgan fingerprint density at radius 2 is 1.85 bits per heavy atom. The topological polar surface area (TPSA) is 102 Å². The highest BCUT2D eigenvalue weighted by molar-refractivity contribution is 5.77. The molecule has 0 aliphatic heterocycles. The van der Waals surface area contributed by atoms with Gasteiger partial charge in [-0.3, -0.25) is 23.5 Å². The quantitative estimate of drug-likeness (QED) is 0.745. The highest BCUT2D eigenvalue weighted by Crippen LogP contribution is 2.12. The molecule has 8 nitrogen and oxygen atoms in total. The molecule has 0 atom stereocenters. The molecule has 1 aromatic heterocycles. The summed E-state index contributed by atoms with van der Waals surface area (Å²) >= 11 is 0. The van der Waals surface area contributed by atoms with Crippen molar-refractivity contribution in [3.63, 3.8) is 0 Å². The number of aromatic nitrogens is 2. The van der Waals surface area contributed by atoms with Crippen molar-refractivity contribution >= 4 is 11.9 Å². The number of nitrogens with zero attached hydrogens (tertiary/aromatic N) is 3. The number of halogens is 2. The van der Waals surface area contributed by atoms with Crippen LogP contribution in [0.4, 0.5) is 8.78 Å². The molecule has 0 aliphatic carbocycles. The maximum atomic E-state index is 13.4. The van der Waals surface area contributed by atoms with Gasteiger partial charge in [0.15, 0.2) is 11.6 Å². The number of rotatable bonds is 7. The van der Waals surface area contributed by atoms with Gasteiger partial charge < -0.3 is 10.0 Å². The molecule has 0 fully saturated rings. The molecule has 0 spiro atoms. The average Bonchev–Trinajstić information content (AvgIpc) is 2.61. The van der Waals surface area contributed by atoms with E-state index >= 15 is 0 Å². The van der Waals surface area contributed by atoms with Crippen LogP contribution in [0.3, 0.4) is 0 Å². The van der Waals surface area contributed by atoms with Crippen LogP contribution in [0.2, 0.25) is 0 Å². The van der Waals surface area contributed by atoms with Crippen molar-refractivity contribution < 1.29 is 23.5 Å². The van der Waals surface area contributed by atoms with E-state index in [2.05, 4.69) is 0 Å². The van der Waals surface area contributed by atoms with Crippen molar-refractivity contribution in [2.75, 3.05) is 6.54 Å². The molecule has 1 amide bonds. The van der Waals surface area contributed by atoms with Crippen molar-refractivity contribution in [2.24, 2.45) is 7.05 Å². The summed E-state index contributed by atoms with van der Waals surface area (Å²) in [5.41, 5.74) is -0.976. The molecule has 10 heteroatoms. The number of aliphatic carboxylic acids is 1. The van der Waals surface area contributed by atoms with E-state index in [1.54, 1.807) is 0 Å². The lowest BCUT2D eigenvalue weighted by atomic mass is 10.2. The minimum absolute atomic E-state index is 0.163. The molecule has 0 aliphatic rings. The molecular weight excluding hydrogens is 364 g/mol. The number of benzene rings is 1. The summed E-state index contributed by atoms with van der Waals surface area (Å²) in [6, 6.07) is 4.21. The number of amides is 1. The second-order valence-corrected chi connectivity index (χ2v) is 5.83. The first-order chi connectivity index (χ1) is 12.7. The van der Waals surface area contributed by atoms with Gasteiger partial charge in [-0.2, -0.15) is 0 Å². The number of carbonyl (C=O) groups excluding carboxylic acids is 1. The third-order valence-corrected chi connectivity index (χ3v) is 3.87. The Morgan fingerprint density at radius 3 is 2.48 bits per heavy atom. The molecule has 144 valence electrons. The van der Waals surface area contributed by atoms with Crippen molar-refractivity contribution in [1.29, 1.82) is 0 Å². The second kappa shape index (κ2) is 8.39. The summed E-state index contributed by atoms with van der Waals surface area (Å²) in [5.74, 6) is -3.88. The second-order valence-electron chi connectivity index (χ2n) is 5.83. The van der Waals surface area contributed by atoms with Gasteiger partial charge in [0.05, 0.1) is 6.42 Å². The molecule has 0 radical (unpaired) electrons. The van der Waals surface area contributed by atoms with E-state index < -0.39 is 41.3 Å². The standard InChI is InChI=1S/C17H17F2N3O5/c1-20-14(23)4-6-22(17(20)27)10-15(24)21(7-5-16(25)26)9-11-2-3-12(18)13(19)8-11/h2-4,6,8H,5,7,9-10H2,1H3,(H,25,26). The maximum Gasteiger partial charge on any atom is 0.331 e. The van der Waals surface area contributed by atoms with Crippen LogP contribution in [-0.2, 0) is 29.7 Å². The molecule has 27 heavy (non-hydrogen) atoms. The van der Waals surface area contributed by atoms with Gasteiger partial charge in [-0.1, -0.05) is 6.07 Å². The number of carboxylic acid groups (broad SMARTS) is 1. The average molecular weight is 381 g/mol. The predicted octanol–water partition coefficient (Wildman–Crippen LogP) is 0.329. The first-order valence-electron chi connectivity index (χ1n) is 7.89. The molecule has 0 bridgehead atoms. The number of hydrogen-bond donors (Lipinski definition) is 1. The fourth-order valence-corrected chi connectivity index (χ4v) is 2.36. The van der Waals surface area contributed by atoms with Gasteiger partial charge in [0.25, 0.3) is 5.56 Å². The molecule has 0 unspecified atom stereocenters. The summed E-state index contributed by atoms with van der Waals surface area (Å²) in [5, 5.41) is 8.85. The van der Waals surface area contributed by atoms with Crippen molar-refractivity contribution in [1.82, 2.24) is 14.0 Å². The Balaban J connectivity index is 2.24. The Morgan fingerprint density at radius 1 is 1.15 bits per heavy atom. The highest BCUT2D eigenvalue weighted by atomic mass is 19.2. The van der Waals surface area contributed by atoms with Crippen LogP contribution in [0.25, 0.3) is 0 Å². The lowest BCUT2D eigenvalue weighted by Gasteiger charge is -2.23. The van der Waals surface area contributed by atoms with E-state index in [1.165, 1.54) is 13.1 Å². The minimum Gasteiger partial charge on any atom is -0.481 e. The number of carboxylic acids is 1. The van der Waals surface area contributed by atoms with Gasteiger partial charge in [-0.05, 0) is 17.7 Å². The Hall–Kier alpha value is -3.30. The molecule has 1 N–H and O–H groups in total. The van der Waals surface area contributed by atoms with Crippen LogP contribution >= 0.6 is 0 Å². The molecule has 1 aromatic carbocycles. The zero-order chi connectivity index (χ0) is 20.1. The van der Waals surface area contributed by atoms with E-state index in [0.717, 1.165) is 38.4 Å². The van der Waals surface area contributed by atoms with Gasteiger partial charge in [-0.15, -0.1) is 0 Å². The first-order valence-corrected chi connectivity index (χ1v) is 7.89. The van der Waals surface area contributed by atoms with Crippen LogP contribution < -0.4 is 11.2 Å². The van der Waals surface area contributed by atoms with Gasteiger partial charge in [0, 0.05) is 32.4 Å². The van der Waals surface area contributed by atoms with E-state index in [1.807, 2.05) is 0 Å². The summed E-state index contributed by atoms with van der Waals surface area (Å²) < 4.78 is 28.3. The predicted molar refractivity (Wildman–Crippen MR) is 90.0 cm³/mol. The Bertz CT molecular complexity index is 983. The SMILES string of the molecule is Cn1c(=O)ccn(CC(=O)N(CCC(=O)O)Cc2ccc(F)c(F)c2)c1=O. The highest BCUT2D eigenvalue weighted by Gasteiger charge is 2.18. The Labute approximate surface area is 151 Å². The molecule has 0 saturated heterocycles. The molecular formula is C17H17F2N3O5. The fourth-order valence-electron chi connectivity index (χ4n) is 2.36. The van der Waals surface area contributed by atoms with Crippen molar-refractivity contribution in [3.8, 4) is 0 Å². The lowest BCUT2D eigenvalue weighted by Crippen LogP contribution is -2.41. The molecule has 2 aromatic rings. The van der Waals surface area contributed by atoms with Crippen LogP contribution in [0, 0.1) is 11.6 Å². The molecule has 0 saturated carbocycles. The van der Waals surface area contributed by atoms with Gasteiger partial charge in [-0.25, -0.2) is 13.6 Å². The van der Waals surface area contributed by atoms with Crippen LogP contribution in [-0.4, -0.2) is 37.6 Å². The minimum atomic E-state index is -1.14. The molecule has 2 rings (SSSR count). The fraction of sp³-hybridized carbons (Fsp3) is 0.294. The van der Waals surface area contributed by atoms with Crippen LogP contribution in [0.1, 0.15) is 12.0 Å². The third-order valence-electron chi connectivity index (χ3n) is 3.87. The normalized spacial score (nSPS) is 10.6.